The van der Waals surface area contributed by atoms with Gasteiger partial charge in [0.05, 0.1) is 6.42 Å². The Morgan fingerprint density at radius 2 is 2.00 bits per heavy atom. The largest absolute Gasteiger partial charge is 0.463 e. The van der Waals surface area contributed by atoms with E-state index in [0.29, 0.717) is 6.54 Å². The number of primary amides is 1. The van der Waals surface area contributed by atoms with Crippen LogP contribution in [0.15, 0.2) is 0 Å². The maximum Gasteiger partial charge on any atom is 0.323 e. The van der Waals surface area contributed by atoms with Crippen molar-refractivity contribution in [2.45, 2.75) is 12.5 Å². The first-order valence-corrected chi connectivity index (χ1v) is 4.28. The average Bonchev–Trinajstić information content (AvgIpc) is 2.01. The molecule has 1 unspecified atom stereocenters. The molecule has 0 aliphatic rings. The fourth-order valence-corrected chi connectivity index (χ4v) is 0.736. The molecule has 0 radical (unpaired) electrons. The number of nitrogens with two attached hydrogens (primary N) is 2. The second-order valence-electron chi connectivity index (χ2n) is 3.25. The molecule has 0 heterocycles. The summed E-state index contributed by atoms with van der Waals surface area (Å²) in [6.07, 6.45) is -0.180. The topological polar surface area (TPSA) is 98.7 Å². The molecule has 0 aromatic carbocycles. The van der Waals surface area contributed by atoms with Crippen LogP contribution < -0.4 is 11.5 Å². The van der Waals surface area contributed by atoms with E-state index in [1.807, 2.05) is 19.0 Å². The van der Waals surface area contributed by atoms with Crippen LogP contribution in [-0.2, 0) is 14.3 Å². The molecule has 1 atom stereocenters. The molecular weight excluding hydrogens is 186 g/mol. The van der Waals surface area contributed by atoms with E-state index in [2.05, 4.69) is 0 Å². The predicted octanol–water partition coefficient (Wildman–Crippen LogP) is -1.71. The van der Waals surface area contributed by atoms with Crippen molar-refractivity contribution in [3.8, 4) is 0 Å². The molecule has 0 rings (SSSR count). The third-order valence-electron chi connectivity index (χ3n) is 1.51. The van der Waals surface area contributed by atoms with Crippen LogP contribution in [0.1, 0.15) is 6.42 Å². The highest BCUT2D eigenvalue weighted by atomic mass is 16.5. The van der Waals surface area contributed by atoms with Gasteiger partial charge in [-0.25, -0.2) is 0 Å². The SMILES string of the molecule is CN(C)CCOC(=O)C(N)CC(N)=O. The summed E-state index contributed by atoms with van der Waals surface area (Å²) in [6, 6.07) is -0.949. The van der Waals surface area contributed by atoms with Crippen molar-refractivity contribution in [3.05, 3.63) is 0 Å². The van der Waals surface area contributed by atoms with Crippen LogP contribution in [0.2, 0.25) is 0 Å². The Bertz CT molecular complexity index is 206. The van der Waals surface area contributed by atoms with E-state index in [0.717, 1.165) is 0 Å². The molecule has 0 fully saturated rings. The van der Waals surface area contributed by atoms with Gasteiger partial charge in [0.25, 0.3) is 0 Å². The molecule has 0 aromatic heterocycles. The molecule has 4 N–H and O–H groups in total. The molecule has 6 heteroatoms. The monoisotopic (exact) mass is 203 g/mol. The fourth-order valence-electron chi connectivity index (χ4n) is 0.736. The Labute approximate surface area is 83.2 Å². The number of nitrogens with zero attached hydrogens (tertiary/aromatic N) is 1. The number of rotatable bonds is 6. The first kappa shape index (κ1) is 12.9. The number of ether oxygens (including phenoxy) is 1. The molecular formula is C8H17N3O3. The maximum absolute atomic E-state index is 11.1. The van der Waals surface area contributed by atoms with Crippen LogP contribution in [0.3, 0.4) is 0 Å². The third-order valence-corrected chi connectivity index (χ3v) is 1.51. The molecule has 0 saturated heterocycles. The highest BCUT2D eigenvalue weighted by molar-refractivity contribution is 5.84. The Morgan fingerprint density at radius 3 is 2.43 bits per heavy atom. The summed E-state index contributed by atoms with van der Waals surface area (Å²) in [5, 5.41) is 0. The van der Waals surface area contributed by atoms with Crippen LogP contribution in [-0.4, -0.2) is 50.1 Å². The molecule has 6 nitrogen and oxygen atoms in total. The Morgan fingerprint density at radius 1 is 1.43 bits per heavy atom. The van der Waals surface area contributed by atoms with Crippen LogP contribution in [0, 0.1) is 0 Å². The second-order valence-corrected chi connectivity index (χ2v) is 3.25. The second kappa shape index (κ2) is 6.33. The summed E-state index contributed by atoms with van der Waals surface area (Å²) in [7, 11) is 3.72. The molecule has 0 aromatic rings. The van der Waals surface area contributed by atoms with Crippen molar-refractivity contribution >= 4 is 11.9 Å². The summed E-state index contributed by atoms with van der Waals surface area (Å²) < 4.78 is 4.80. The van der Waals surface area contributed by atoms with Gasteiger partial charge in [0, 0.05) is 6.54 Å². The minimum absolute atomic E-state index is 0.180. The highest BCUT2D eigenvalue weighted by Crippen LogP contribution is 1.91. The molecule has 0 aliphatic heterocycles. The minimum Gasteiger partial charge on any atom is -0.463 e. The Hall–Kier alpha value is -1.14. The van der Waals surface area contributed by atoms with Gasteiger partial charge in [-0.15, -0.1) is 0 Å². The number of amides is 1. The van der Waals surface area contributed by atoms with Crippen molar-refractivity contribution in [1.29, 1.82) is 0 Å². The molecule has 0 bridgehead atoms. The number of hydrogen-bond acceptors (Lipinski definition) is 5. The number of esters is 1. The summed E-state index contributed by atoms with van der Waals surface area (Å²) in [5.74, 6) is -1.20. The molecule has 0 saturated carbocycles. The molecule has 82 valence electrons. The summed E-state index contributed by atoms with van der Waals surface area (Å²) in [5.41, 5.74) is 10.2. The zero-order valence-corrected chi connectivity index (χ0v) is 8.53. The van der Waals surface area contributed by atoms with Crippen LogP contribution in [0.5, 0.6) is 0 Å². The Kier molecular flexibility index (Phi) is 5.82. The zero-order valence-electron chi connectivity index (χ0n) is 8.53. The van der Waals surface area contributed by atoms with Crippen molar-refractivity contribution in [2.24, 2.45) is 11.5 Å². The van der Waals surface area contributed by atoms with E-state index >= 15 is 0 Å². The van der Waals surface area contributed by atoms with E-state index in [-0.39, 0.29) is 13.0 Å². The van der Waals surface area contributed by atoms with Gasteiger partial charge in [0.1, 0.15) is 12.6 Å². The van der Waals surface area contributed by atoms with Crippen molar-refractivity contribution in [3.63, 3.8) is 0 Å². The van der Waals surface area contributed by atoms with Crippen molar-refractivity contribution < 1.29 is 14.3 Å². The summed E-state index contributed by atoms with van der Waals surface area (Å²) >= 11 is 0. The van der Waals surface area contributed by atoms with E-state index in [9.17, 15) is 9.59 Å². The van der Waals surface area contributed by atoms with Crippen LogP contribution in [0.4, 0.5) is 0 Å². The van der Waals surface area contributed by atoms with Crippen molar-refractivity contribution in [1.82, 2.24) is 4.90 Å². The lowest BCUT2D eigenvalue weighted by molar-refractivity contribution is -0.146. The number of hydrogen-bond donors (Lipinski definition) is 2. The van der Waals surface area contributed by atoms with Gasteiger partial charge in [-0.3, -0.25) is 9.59 Å². The van der Waals surface area contributed by atoms with E-state index < -0.39 is 17.9 Å². The van der Waals surface area contributed by atoms with Gasteiger partial charge in [0.2, 0.25) is 5.91 Å². The maximum atomic E-state index is 11.1. The minimum atomic E-state index is -0.949. The van der Waals surface area contributed by atoms with Gasteiger partial charge in [-0.05, 0) is 14.1 Å². The Balaban J connectivity index is 3.67. The van der Waals surface area contributed by atoms with E-state index in [4.69, 9.17) is 16.2 Å². The number of likely N-dealkylation sites (N-methyl/N-ethyl adjacent to an activating group) is 1. The quantitative estimate of drug-likeness (QED) is 0.501. The number of carbonyl (C=O) groups is 2. The van der Waals surface area contributed by atoms with Gasteiger partial charge < -0.3 is 21.1 Å². The van der Waals surface area contributed by atoms with Crippen molar-refractivity contribution in [2.75, 3.05) is 27.2 Å². The average molecular weight is 203 g/mol. The van der Waals surface area contributed by atoms with Crippen LogP contribution >= 0.6 is 0 Å². The lowest BCUT2D eigenvalue weighted by Crippen LogP contribution is -2.37. The fraction of sp³-hybridized carbons (Fsp3) is 0.750. The molecule has 14 heavy (non-hydrogen) atoms. The summed E-state index contributed by atoms with van der Waals surface area (Å²) in [6.45, 7) is 0.882. The van der Waals surface area contributed by atoms with Gasteiger partial charge in [-0.2, -0.15) is 0 Å². The smallest absolute Gasteiger partial charge is 0.323 e. The first-order valence-electron chi connectivity index (χ1n) is 4.28. The normalized spacial score (nSPS) is 12.6. The van der Waals surface area contributed by atoms with E-state index in [1.54, 1.807) is 0 Å². The lowest BCUT2D eigenvalue weighted by Gasteiger charge is -2.12. The van der Waals surface area contributed by atoms with Gasteiger partial charge in [0.15, 0.2) is 0 Å². The summed E-state index contributed by atoms with van der Waals surface area (Å²) in [4.78, 5) is 23.4. The standard InChI is InChI=1S/C8H17N3O3/c1-11(2)3-4-14-8(13)6(9)5-7(10)12/h6H,3-5,9H2,1-2H3,(H2,10,12). The third kappa shape index (κ3) is 6.38. The van der Waals surface area contributed by atoms with Gasteiger partial charge >= 0.3 is 5.97 Å². The number of carbonyl (C=O) groups excluding carboxylic acids is 2. The molecule has 0 aliphatic carbocycles. The molecule has 0 spiro atoms. The predicted molar refractivity (Wildman–Crippen MR) is 51.3 cm³/mol. The first-order chi connectivity index (χ1) is 6.43. The van der Waals surface area contributed by atoms with E-state index in [1.165, 1.54) is 0 Å². The lowest BCUT2D eigenvalue weighted by atomic mass is 10.2. The van der Waals surface area contributed by atoms with Gasteiger partial charge in [-0.1, -0.05) is 0 Å². The molecule has 1 amide bonds. The van der Waals surface area contributed by atoms with Crippen LogP contribution in [0.25, 0.3) is 0 Å². The highest BCUT2D eigenvalue weighted by Gasteiger charge is 2.17. The zero-order chi connectivity index (χ0) is 11.1.